The first-order valence-electron chi connectivity index (χ1n) is 5.92. The Morgan fingerprint density at radius 1 is 1.29 bits per heavy atom. The van der Waals surface area contributed by atoms with Crippen molar-refractivity contribution < 1.29 is 9.59 Å². The Morgan fingerprint density at radius 3 is 2.29 bits per heavy atom. The van der Waals surface area contributed by atoms with E-state index in [9.17, 15) is 9.59 Å². The molecule has 1 heterocycles. The van der Waals surface area contributed by atoms with E-state index in [0.717, 1.165) is 17.3 Å². The van der Waals surface area contributed by atoms with Crippen LogP contribution in [0.4, 0.5) is 0 Å². The number of hydrogen-bond donors (Lipinski definition) is 0. The maximum Gasteiger partial charge on any atom is 0.166 e. The Morgan fingerprint density at radius 2 is 1.88 bits per heavy atom. The SMILES string of the molecule is CCC(=O)C(=C/C=C1\SCCN1C)C(=O)CC. The monoisotopic (exact) mass is 253 g/mol. The number of carbonyl (C=O) groups excluding carboxylic acids is 2. The van der Waals surface area contributed by atoms with E-state index in [0.29, 0.717) is 18.4 Å². The van der Waals surface area contributed by atoms with Crippen molar-refractivity contribution in [2.24, 2.45) is 0 Å². The van der Waals surface area contributed by atoms with Gasteiger partial charge < -0.3 is 4.90 Å². The van der Waals surface area contributed by atoms with Crippen LogP contribution >= 0.6 is 11.8 Å². The van der Waals surface area contributed by atoms with Crippen LogP contribution in [0.2, 0.25) is 0 Å². The van der Waals surface area contributed by atoms with Crippen molar-refractivity contribution in [3.8, 4) is 0 Å². The molecule has 1 fully saturated rings. The number of carbonyl (C=O) groups is 2. The Kier molecular flexibility index (Phi) is 5.48. The van der Waals surface area contributed by atoms with E-state index in [2.05, 4.69) is 4.90 Å². The Bertz CT molecular complexity index is 354. The fraction of sp³-hybridized carbons (Fsp3) is 0.538. The first kappa shape index (κ1) is 14.0. The molecule has 0 bridgehead atoms. The van der Waals surface area contributed by atoms with Crippen molar-refractivity contribution in [1.29, 1.82) is 0 Å². The van der Waals surface area contributed by atoms with Crippen molar-refractivity contribution in [2.45, 2.75) is 26.7 Å². The lowest BCUT2D eigenvalue weighted by Crippen LogP contribution is -2.12. The van der Waals surface area contributed by atoms with Gasteiger partial charge in [0, 0.05) is 32.2 Å². The van der Waals surface area contributed by atoms with Crippen molar-refractivity contribution >= 4 is 23.3 Å². The third-order valence-corrected chi connectivity index (χ3v) is 3.82. The molecule has 1 rings (SSSR count). The van der Waals surface area contributed by atoms with Gasteiger partial charge >= 0.3 is 0 Å². The first-order valence-corrected chi connectivity index (χ1v) is 6.91. The van der Waals surface area contributed by atoms with E-state index in [4.69, 9.17) is 0 Å². The van der Waals surface area contributed by atoms with Gasteiger partial charge in [-0.3, -0.25) is 9.59 Å². The van der Waals surface area contributed by atoms with E-state index >= 15 is 0 Å². The molecule has 94 valence electrons. The molecule has 0 atom stereocenters. The molecule has 0 aliphatic carbocycles. The smallest absolute Gasteiger partial charge is 0.166 e. The van der Waals surface area contributed by atoms with Crippen LogP contribution in [0.3, 0.4) is 0 Å². The van der Waals surface area contributed by atoms with Gasteiger partial charge in [0.25, 0.3) is 0 Å². The highest BCUT2D eigenvalue weighted by molar-refractivity contribution is 8.03. The Balaban J connectivity index is 2.90. The maximum absolute atomic E-state index is 11.7. The third kappa shape index (κ3) is 3.73. The van der Waals surface area contributed by atoms with Gasteiger partial charge in [-0.15, -0.1) is 11.8 Å². The van der Waals surface area contributed by atoms with Gasteiger partial charge in [-0.2, -0.15) is 0 Å². The highest BCUT2D eigenvalue weighted by Gasteiger charge is 2.15. The molecule has 4 heteroatoms. The fourth-order valence-electron chi connectivity index (χ4n) is 1.56. The summed E-state index contributed by atoms with van der Waals surface area (Å²) in [4.78, 5) is 25.5. The second kappa shape index (κ2) is 6.64. The normalized spacial score (nSPS) is 17.4. The van der Waals surface area contributed by atoms with E-state index in [1.54, 1.807) is 31.7 Å². The zero-order chi connectivity index (χ0) is 12.8. The molecule has 0 N–H and O–H groups in total. The van der Waals surface area contributed by atoms with Crippen molar-refractivity contribution in [3.63, 3.8) is 0 Å². The summed E-state index contributed by atoms with van der Waals surface area (Å²) in [6, 6.07) is 0. The summed E-state index contributed by atoms with van der Waals surface area (Å²) in [6.45, 7) is 4.58. The summed E-state index contributed by atoms with van der Waals surface area (Å²) in [6.07, 6.45) is 4.32. The van der Waals surface area contributed by atoms with Gasteiger partial charge in [-0.25, -0.2) is 0 Å². The fourth-order valence-corrected chi connectivity index (χ4v) is 2.61. The number of nitrogens with zero attached hydrogens (tertiary/aromatic N) is 1. The van der Waals surface area contributed by atoms with Gasteiger partial charge in [0.1, 0.15) is 0 Å². The molecule has 0 saturated carbocycles. The second-order valence-electron chi connectivity index (χ2n) is 3.91. The number of allylic oxidation sites excluding steroid dienone is 3. The van der Waals surface area contributed by atoms with Gasteiger partial charge in [0.2, 0.25) is 0 Å². The summed E-state index contributed by atoms with van der Waals surface area (Å²) in [5.74, 6) is 0.924. The molecule has 1 aliphatic heterocycles. The highest BCUT2D eigenvalue weighted by Crippen LogP contribution is 2.26. The van der Waals surface area contributed by atoms with Gasteiger partial charge in [0.15, 0.2) is 11.6 Å². The molecule has 0 unspecified atom stereocenters. The molecular formula is C13H19NO2S. The molecule has 1 aliphatic rings. The number of hydrogen-bond acceptors (Lipinski definition) is 4. The average molecular weight is 253 g/mol. The topological polar surface area (TPSA) is 37.4 Å². The van der Waals surface area contributed by atoms with Crippen LogP contribution < -0.4 is 0 Å². The summed E-state index contributed by atoms with van der Waals surface area (Å²) in [5.41, 5.74) is 0.336. The minimum atomic E-state index is -0.0700. The molecule has 17 heavy (non-hydrogen) atoms. The molecule has 0 aromatic rings. The van der Waals surface area contributed by atoms with Crippen LogP contribution in [-0.4, -0.2) is 35.8 Å². The lowest BCUT2D eigenvalue weighted by Gasteiger charge is -2.10. The largest absolute Gasteiger partial charge is 0.369 e. The van der Waals surface area contributed by atoms with Crippen LogP contribution in [0, 0.1) is 0 Å². The zero-order valence-corrected chi connectivity index (χ0v) is 11.5. The van der Waals surface area contributed by atoms with E-state index in [-0.39, 0.29) is 11.6 Å². The van der Waals surface area contributed by atoms with E-state index in [1.807, 2.05) is 13.1 Å². The predicted octanol–water partition coefficient (Wildman–Crippen LogP) is 2.39. The van der Waals surface area contributed by atoms with Crippen LogP contribution in [0.5, 0.6) is 0 Å². The summed E-state index contributed by atoms with van der Waals surface area (Å²) in [7, 11) is 2.02. The van der Waals surface area contributed by atoms with Crippen LogP contribution in [-0.2, 0) is 9.59 Å². The van der Waals surface area contributed by atoms with E-state index in [1.165, 1.54) is 0 Å². The van der Waals surface area contributed by atoms with E-state index < -0.39 is 0 Å². The predicted molar refractivity (Wildman–Crippen MR) is 71.9 cm³/mol. The standard InChI is InChI=1S/C13H19NO2S/c1-4-11(15)10(12(16)5-2)6-7-13-14(3)8-9-17-13/h6-7H,4-5,8-9H2,1-3H3/b13-7-. The Labute approximate surface area is 107 Å². The number of Topliss-reactive ketones (excluding diaryl/α,β-unsaturated/α-hetero) is 2. The number of rotatable bonds is 5. The first-order chi connectivity index (χ1) is 8.10. The molecule has 0 aromatic heterocycles. The van der Waals surface area contributed by atoms with Crippen molar-refractivity contribution in [2.75, 3.05) is 19.3 Å². The molecule has 1 saturated heterocycles. The lowest BCUT2D eigenvalue weighted by atomic mass is 10.0. The van der Waals surface area contributed by atoms with Crippen molar-refractivity contribution in [3.05, 3.63) is 22.8 Å². The van der Waals surface area contributed by atoms with Crippen molar-refractivity contribution in [1.82, 2.24) is 4.90 Å². The number of thioether (sulfide) groups is 1. The Hall–Kier alpha value is -1.03. The average Bonchev–Trinajstić information content (AvgIpc) is 2.74. The van der Waals surface area contributed by atoms with Crippen LogP contribution in [0.15, 0.2) is 22.8 Å². The minimum Gasteiger partial charge on any atom is -0.369 e. The molecular weight excluding hydrogens is 234 g/mol. The number of ketones is 2. The lowest BCUT2D eigenvalue weighted by molar-refractivity contribution is -0.121. The summed E-state index contributed by atoms with van der Waals surface area (Å²) in [5, 5.41) is 1.12. The van der Waals surface area contributed by atoms with Gasteiger partial charge in [-0.1, -0.05) is 13.8 Å². The molecule has 0 aromatic carbocycles. The summed E-state index contributed by atoms with van der Waals surface area (Å²) < 4.78 is 0. The third-order valence-electron chi connectivity index (χ3n) is 2.69. The quantitative estimate of drug-likeness (QED) is 0.428. The van der Waals surface area contributed by atoms with Gasteiger partial charge in [0.05, 0.1) is 10.6 Å². The maximum atomic E-state index is 11.7. The molecule has 3 nitrogen and oxygen atoms in total. The van der Waals surface area contributed by atoms with Crippen LogP contribution in [0.1, 0.15) is 26.7 Å². The van der Waals surface area contributed by atoms with Crippen LogP contribution in [0.25, 0.3) is 0 Å². The molecule has 0 amide bonds. The molecule has 0 radical (unpaired) electrons. The zero-order valence-electron chi connectivity index (χ0n) is 10.7. The van der Waals surface area contributed by atoms with Gasteiger partial charge in [-0.05, 0) is 12.2 Å². The highest BCUT2D eigenvalue weighted by atomic mass is 32.2. The second-order valence-corrected chi connectivity index (χ2v) is 5.02. The minimum absolute atomic E-state index is 0.0700. The summed E-state index contributed by atoms with van der Waals surface area (Å²) >= 11 is 1.75. The molecule has 0 spiro atoms.